The van der Waals surface area contributed by atoms with E-state index in [9.17, 15) is 17.6 Å². The van der Waals surface area contributed by atoms with E-state index in [-0.39, 0.29) is 16.4 Å². The molecular formula is C19H15FN2O4S. The van der Waals surface area contributed by atoms with Crippen LogP contribution in [0.1, 0.15) is 0 Å². The first kappa shape index (κ1) is 18.4. The van der Waals surface area contributed by atoms with E-state index in [1.807, 2.05) is 0 Å². The Balaban J connectivity index is 1.83. The molecule has 3 N–H and O–H groups in total. The maximum absolute atomic E-state index is 13.1. The van der Waals surface area contributed by atoms with E-state index in [1.165, 1.54) is 48.5 Å². The summed E-state index contributed by atoms with van der Waals surface area (Å²) in [6, 6.07) is 17.8. The van der Waals surface area contributed by atoms with Crippen molar-refractivity contribution < 1.29 is 22.7 Å². The van der Waals surface area contributed by atoms with Crippen LogP contribution >= 0.6 is 0 Å². The van der Waals surface area contributed by atoms with Crippen molar-refractivity contribution in [1.82, 2.24) is 0 Å². The van der Waals surface area contributed by atoms with Crippen LogP contribution in [0.5, 0.6) is 0 Å². The van der Waals surface area contributed by atoms with Crippen LogP contribution in [0.15, 0.2) is 77.7 Å². The quantitative estimate of drug-likeness (QED) is 0.606. The Kier molecular flexibility index (Phi) is 5.09. The molecule has 3 aromatic carbocycles. The van der Waals surface area contributed by atoms with Gasteiger partial charge in [0.1, 0.15) is 5.82 Å². The summed E-state index contributed by atoms with van der Waals surface area (Å²) in [4.78, 5) is 10.6. The highest BCUT2D eigenvalue weighted by molar-refractivity contribution is 7.92. The number of sulfonamides is 1. The molecule has 0 radical (unpaired) electrons. The number of nitrogens with one attached hydrogen (secondary N) is 2. The second kappa shape index (κ2) is 7.46. The normalized spacial score (nSPS) is 11.0. The van der Waals surface area contributed by atoms with Crippen LogP contribution in [0.3, 0.4) is 0 Å². The molecule has 0 heterocycles. The largest absolute Gasteiger partial charge is 0.465 e. The summed E-state index contributed by atoms with van der Waals surface area (Å²) < 4.78 is 40.8. The molecule has 138 valence electrons. The van der Waals surface area contributed by atoms with Gasteiger partial charge in [-0.05, 0) is 59.7 Å². The summed E-state index contributed by atoms with van der Waals surface area (Å²) in [5, 5.41) is 10.8. The molecule has 1 amide bonds. The van der Waals surface area contributed by atoms with Crippen LogP contribution in [-0.2, 0) is 10.0 Å². The van der Waals surface area contributed by atoms with Gasteiger partial charge in [-0.2, -0.15) is 0 Å². The molecule has 0 fully saturated rings. The number of anilines is 2. The number of hydrogen-bond donors (Lipinski definition) is 3. The van der Waals surface area contributed by atoms with Gasteiger partial charge in [-0.1, -0.05) is 24.3 Å². The van der Waals surface area contributed by atoms with Crippen LogP contribution in [0.4, 0.5) is 20.6 Å². The summed E-state index contributed by atoms with van der Waals surface area (Å²) >= 11 is 0. The summed E-state index contributed by atoms with van der Waals surface area (Å²) in [6.45, 7) is 0. The van der Waals surface area contributed by atoms with Crippen molar-refractivity contribution in [3.8, 4) is 11.1 Å². The van der Waals surface area contributed by atoms with Gasteiger partial charge in [0.15, 0.2) is 0 Å². The molecule has 0 unspecified atom stereocenters. The predicted octanol–water partition coefficient (Wildman–Crippen LogP) is 4.38. The van der Waals surface area contributed by atoms with Crippen molar-refractivity contribution >= 4 is 27.5 Å². The molecule has 3 rings (SSSR count). The molecule has 0 bridgehead atoms. The van der Waals surface area contributed by atoms with Gasteiger partial charge in [0, 0.05) is 11.4 Å². The fraction of sp³-hybridized carbons (Fsp3) is 0. The number of rotatable bonds is 5. The van der Waals surface area contributed by atoms with E-state index < -0.39 is 16.1 Å². The maximum Gasteiger partial charge on any atom is 0.409 e. The molecule has 0 spiro atoms. The lowest BCUT2D eigenvalue weighted by molar-refractivity contribution is 0.209. The van der Waals surface area contributed by atoms with Gasteiger partial charge in [-0.3, -0.25) is 10.0 Å². The van der Waals surface area contributed by atoms with E-state index in [0.29, 0.717) is 16.8 Å². The van der Waals surface area contributed by atoms with Gasteiger partial charge in [0.2, 0.25) is 0 Å². The van der Waals surface area contributed by atoms with E-state index in [1.54, 1.807) is 24.3 Å². The highest BCUT2D eigenvalue weighted by Crippen LogP contribution is 2.24. The standard InChI is InChI=1S/C19H15FN2O4S/c20-15-6-4-13(5-7-15)14-2-1-3-18(12-14)27(25,26)22-17-10-8-16(9-11-17)21-19(23)24/h1-12,21-22H,(H,23,24). The first-order valence-electron chi connectivity index (χ1n) is 7.82. The minimum Gasteiger partial charge on any atom is -0.465 e. The van der Waals surface area contributed by atoms with Crippen LogP contribution < -0.4 is 10.0 Å². The number of benzene rings is 3. The zero-order chi connectivity index (χ0) is 19.4. The van der Waals surface area contributed by atoms with Gasteiger partial charge < -0.3 is 5.11 Å². The van der Waals surface area contributed by atoms with Crippen molar-refractivity contribution in [2.45, 2.75) is 4.90 Å². The third-order valence-corrected chi connectivity index (χ3v) is 5.09. The van der Waals surface area contributed by atoms with Crippen molar-refractivity contribution in [3.63, 3.8) is 0 Å². The number of amides is 1. The van der Waals surface area contributed by atoms with Crippen LogP contribution in [0, 0.1) is 5.82 Å². The third kappa shape index (κ3) is 4.62. The number of carboxylic acid groups (broad SMARTS) is 1. The van der Waals surface area contributed by atoms with E-state index in [0.717, 1.165) is 0 Å². The highest BCUT2D eigenvalue weighted by Gasteiger charge is 2.15. The molecule has 0 aliphatic rings. The van der Waals surface area contributed by atoms with Crippen LogP contribution in [-0.4, -0.2) is 19.6 Å². The van der Waals surface area contributed by atoms with Crippen molar-refractivity contribution in [2.75, 3.05) is 10.0 Å². The van der Waals surface area contributed by atoms with Crippen molar-refractivity contribution in [1.29, 1.82) is 0 Å². The molecule has 27 heavy (non-hydrogen) atoms. The Morgan fingerprint density at radius 3 is 2.11 bits per heavy atom. The lowest BCUT2D eigenvalue weighted by Crippen LogP contribution is -2.13. The molecule has 0 aliphatic carbocycles. The molecular weight excluding hydrogens is 371 g/mol. The summed E-state index contributed by atoms with van der Waals surface area (Å²) in [5.41, 5.74) is 1.94. The predicted molar refractivity (Wildman–Crippen MR) is 101 cm³/mol. The SMILES string of the molecule is O=C(O)Nc1ccc(NS(=O)(=O)c2cccc(-c3ccc(F)cc3)c2)cc1. The molecule has 0 aliphatic heterocycles. The van der Waals surface area contributed by atoms with E-state index in [2.05, 4.69) is 10.0 Å². The Labute approximate surface area is 155 Å². The van der Waals surface area contributed by atoms with Gasteiger partial charge >= 0.3 is 6.09 Å². The van der Waals surface area contributed by atoms with Crippen molar-refractivity contribution in [2.24, 2.45) is 0 Å². The Morgan fingerprint density at radius 2 is 1.48 bits per heavy atom. The fourth-order valence-corrected chi connectivity index (χ4v) is 3.55. The molecule has 0 atom stereocenters. The molecule has 3 aromatic rings. The third-order valence-electron chi connectivity index (χ3n) is 3.71. The Morgan fingerprint density at radius 1 is 0.852 bits per heavy atom. The van der Waals surface area contributed by atoms with Crippen LogP contribution in [0.25, 0.3) is 11.1 Å². The Bertz CT molecular complexity index is 1070. The number of hydrogen-bond acceptors (Lipinski definition) is 3. The van der Waals surface area contributed by atoms with Gasteiger partial charge in [0.25, 0.3) is 10.0 Å². The minimum atomic E-state index is -3.85. The average molecular weight is 386 g/mol. The molecule has 0 saturated carbocycles. The molecule has 8 heteroatoms. The average Bonchev–Trinajstić information content (AvgIpc) is 2.63. The topological polar surface area (TPSA) is 95.5 Å². The summed E-state index contributed by atoms with van der Waals surface area (Å²) in [6.07, 6.45) is -1.21. The Hall–Kier alpha value is -3.39. The van der Waals surface area contributed by atoms with E-state index in [4.69, 9.17) is 5.11 Å². The van der Waals surface area contributed by atoms with Gasteiger partial charge in [-0.15, -0.1) is 0 Å². The molecule has 0 aromatic heterocycles. The first-order valence-corrected chi connectivity index (χ1v) is 9.31. The smallest absolute Gasteiger partial charge is 0.409 e. The zero-order valence-corrected chi connectivity index (χ0v) is 14.7. The second-order valence-corrected chi connectivity index (χ2v) is 7.33. The van der Waals surface area contributed by atoms with Crippen LogP contribution in [0.2, 0.25) is 0 Å². The van der Waals surface area contributed by atoms with E-state index >= 15 is 0 Å². The first-order chi connectivity index (χ1) is 12.8. The monoisotopic (exact) mass is 386 g/mol. The molecule has 0 saturated heterocycles. The maximum atomic E-state index is 13.1. The van der Waals surface area contributed by atoms with Gasteiger partial charge in [0.05, 0.1) is 4.90 Å². The lowest BCUT2D eigenvalue weighted by atomic mass is 10.1. The van der Waals surface area contributed by atoms with Gasteiger partial charge in [-0.25, -0.2) is 17.6 Å². The highest BCUT2D eigenvalue weighted by atomic mass is 32.2. The number of halogens is 1. The summed E-state index contributed by atoms with van der Waals surface area (Å²) in [7, 11) is -3.85. The zero-order valence-electron chi connectivity index (χ0n) is 13.9. The second-order valence-electron chi connectivity index (χ2n) is 5.65. The molecule has 6 nitrogen and oxygen atoms in total. The van der Waals surface area contributed by atoms with Crippen molar-refractivity contribution in [3.05, 3.63) is 78.6 Å². The minimum absolute atomic E-state index is 0.0528. The summed E-state index contributed by atoms with van der Waals surface area (Å²) in [5.74, 6) is -0.370. The number of carbonyl (C=O) groups is 1. The fourth-order valence-electron chi connectivity index (χ4n) is 2.44. The lowest BCUT2D eigenvalue weighted by Gasteiger charge is -2.10.